The van der Waals surface area contributed by atoms with Gasteiger partial charge >= 0.3 is 0 Å². The molecule has 3 N–H and O–H groups in total. The van der Waals surface area contributed by atoms with Gasteiger partial charge in [0.2, 0.25) is 5.91 Å². The van der Waals surface area contributed by atoms with Crippen LogP contribution in [0.5, 0.6) is 0 Å². The Morgan fingerprint density at radius 1 is 1.47 bits per heavy atom. The molecule has 0 aliphatic heterocycles. The number of nitrogens with two attached hydrogens (primary N) is 1. The van der Waals surface area contributed by atoms with E-state index in [1.54, 1.807) is 18.2 Å². The minimum atomic E-state index is -0.206. The molecule has 0 fully saturated rings. The van der Waals surface area contributed by atoms with Crippen molar-refractivity contribution in [3.8, 4) is 0 Å². The number of carbonyl (C=O) groups is 1. The van der Waals surface area contributed by atoms with Crippen LogP contribution in [-0.2, 0) is 11.2 Å². The predicted octanol–water partition coefficient (Wildman–Crippen LogP) is 1.47. The SMILES string of the molecule is CC(CCc1ccccc1F)C(=O)NCCN. The molecule has 0 aliphatic carbocycles. The van der Waals surface area contributed by atoms with Crippen LogP contribution in [0.25, 0.3) is 0 Å². The number of amides is 1. The quantitative estimate of drug-likeness (QED) is 0.788. The predicted molar refractivity (Wildman–Crippen MR) is 65.9 cm³/mol. The zero-order valence-electron chi connectivity index (χ0n) is 10.1. The summed E-state index contributed by atoms with van der Waals surface area (Å²) in [5.41, 5.74) is 5.96. The Labute approximate surface area is 101 Å². The lowest BCUT2D eigenvalue weighted by molar-refractivity contribution is -0.124. The molecule has 94 valence electrons. The molecule has 1 aromatic rings. The number of nitrogens with one attached hydrogen (secondary N) is 1. The lowest BCUT2D eigenvalue weighted by atomic mass is 10.00. The zero-order chi connectivity index (χ0) is 12.7. The maximum Gasteiger partial charge on any atom is 0.222 e. The first-order valence-electron chi connectivity index (χ1n) is 5.86. The summed E-state index contributed by atoms with van der Waals surface area (Å²) in [5.74, 6) is -0.352. The molecule has 0 aliphatic rings. The van der Waals surface area contributed by atoms with Crippen molar-refractivity contribution in [2.75, 3.05) is 13.1 Å². The monoisotopic (exact) mass is 238 g/mol. The van der Waals surface area contributed by atoms with Gasteiger partial charge in [-0.1, -0.05) is 25.1 Å². The van der Waals surface area contributed by atoms with Crippen LogP contribution in [0, 0.1) is 11.7 Å². The first kappa shape index (κ1) is 13.6. The number of benzene rings is 1. The number of rotatable bonds is 6. The second kappa shape index (κ2) is 7.01. The van der Waals surface area contributed by atoms with Crippen LogP contribution in [0.15, 0.2) is 24.3 Å². The summed E-state index contributed by atoms with van der Waals surface area (Å²) in [6.45, 7) is 2.77. The number of halogens is 1. The Kier molecular flexibility index (Phi) is 5.63. The average Bonchev–Trinajstić information content (AvgIpc) is 2.34. The second-order valence-corrected chi connectivity index (χ2v) is 4.11. The van der Waals surface area contributed by atoms with E-state index in [9.17, 15) is 9.18 Å². The Morgan fingerprint density at radius 3 is 2.82 bits per heavy atom. The van der Waals surface area contributed by atoms with Gasteiger partial charge in [-0.15, -0.1) is 0 Å². The van der Waals surface area contributed by atoms with E-state index in [0.717, 1.165) is 0 Å². The van der Waals surface area contributed by atoms with Crippen LogP contribution < -0.4 is 11.1 Å². The molecular formula is C13H19FN2O. The van der Waals surface area contributed by atoms with Gasteiger partial charge < -0.3 is 11.1 Å². The molecule has 4 heteroatoms. The summed E-state index contributed by atoms with van der Waals surface area (Å²) in [6, 6.07) is 6.65. The molecule has 0 spiro atoms. The molecule has 0 bridgehead atoms. The number of hydrogen-bond donors (Lipinski definition) is 2. The van der Waals surface area contributed by atoms with E-state index >= 15 is 0 Å². The van der Waals surface area contributed by atoms with E-state index in [2.05, 4.69) is 5.32 Å². The maximum atomic E-state index is 13.3. The maximum absolute atomic E-state index is 13.3. The van der Waals surface area contributed by atoms with E-state index in [0.29, 0.717) is 31.5 Å². The summed E-state index contributed by atoms with van der Waals surface area (Å²) in [6.07, 6.45) is 1.21. The summed E-state index contributed by atoms with van der Waals surface area (Å²) >= 11 is 0. The van der Waals surface area contributed by atoms with Crippen molar-refractivity contribution < 1.29 is 9.18 Å². The fourth-order valence-electron chi connectivity index (χ4n) is 1.57. The number of aryl methyl sites for hydroxylation is 1. The van der Waals surface area contributed by atoms with Crippen LogP contribution in [0.3, 0.4) is 0 Å². The average molecular weight is 238 g/mol. The molecule has 0 saturated heterocycles. The third kappa shape index (κ3) is 4.53. The minimum absolute atomic E-state index is 0.0215. The lowest BCUT2D eigenvalue weighted by Gasteiger charge is -2.11. The Morgan fingerprint density at radius 2 is 2.18 bits per heavy atom. The van der Waals surface area contributed by atoms with E-state index in [1.807, 2.05) is 6.92 Å². The Balaban J connectivity index is 2.40. The van der Waals surface area contributed by atoms with Crippen molar-refractivity contribution in [1.29, 1.82) is 0 Å². The topological polar surface area (TPSA) is 55.1 Å². The standard InChI is InChI=1S/C13H19FN2O/c1-10(13(17)16-9-8-15)6-7-11-4-2-3-5-12(11)14/h2-5,10H,6-9,15H2,1H3,(H,16,17). The highest BCUT2D eigenvalue weighted by Crippen LogP contribution is 2.12. The van der Waals surface area contributed by atoms with Crippen molar-refractivity contribution in [3.05, 3.63) is 35.6 Å². The minimum Gasteiger partial charge on any atom is -0.355 e. The van der Waals surface area contributed by atoms with Crippen molar-refractivity contribution in [2.24, 2.45) is 11.7 Å². The molecule has 1 amide bonds. The van der Waals surface area contributed by atoms with Crippen LogP contribution in [-0.4, -0.2) is 19.0 Å². The normalized spacial score (nSPS) is 12.2. The first-order valence-corrected chi connectivity index (χ1v) is 5.86. The zero-order valence-corrected chi connectivity index (χ0v) is 10.1. The molecule has 3 nitrogen and oxygen atoms in total. The molecule has 0 radical (unpaired) electrons. The smallest absolute Gasteiger partial charge is 0.222 e. The fraction of sp³-hybridized carbons (Fsp3) is 0.462. The molecule has 0 heterocycles. The Bertz CT molecular complexity index is 368. The fourth-order valence-corrected chi connectivity index (χ4v) is 1.57. The third-order valence-corrected chi connectivity index (χ3v) is 2.70. The van der Waals surface area contributed by atoms with Gasteiger partial charge in [-0.05, 0) is 24.5 Å². The van der Waals surface area contributed by atoms with Gasteiger partial charge in [0.25, 0.3) is 0 Å². The summed E-state index contributed by atoms with van der Waals surface area (Å²) < 4.78 is 13.3. The van der Waals surface area contributed by atoms with E-state index in [-0.39, 0.29) is 17.6 Å². The molecule has 0 saturated carbocycles. The molecule has 1 aromatic carbocycles. The van der Waals surface area contributed by atoms with E-state index in [4.69, 9.17) is 5.73 Å². The van der Waals surface area contributed by atoms with Crippen LogP contribution >= 0.6 is 0 Å². The van der Waals surface area contributed by atoms with Crippen molar-refractivity contribution in [1.82, 2.24) is 5.32 Å². The van der Waals surface area contributed by atoms with Gasteiger partial charge in [0.1, 0.15) is 5.82 Å². The highest BCUT2D eigenvalue weighted by Gasteiger charge is 2.12. The second-order valence-electron chi connectivity index (χ2n) is 4.11. The van der Waals surface area contributed by atoms with Crippen molar-refractivity contribution in [3.63, 3.8) is 0 Å². The van der Waals surface area contributed by atoms with Crippen LogP contribution in [0.2, 0.25) is 0 Å². The molecule has 0 aromatic heterocycles. The summed E-state index contributed by atoms with van der Waals surface area (Å²) in [7, 11) is 0. The Hall–Kier alpha value is -1.42. The van der Waals surface area contributed by atoms with Gasteiger partial charge in [0.15, 0.2) is 0 Å². The van der Waals surface area contributed by atoms with Crippen LogP contribution in [0.1, 0.15) is 18.9 Å². The van der Waals surface area contributed by atoms with Crippen LogP contribution in [0.4, 0.5) is 4.39 Å². The molecule has 1 rings (SSSR count). The molecule has 17 heavy (non-hydrogen) atoms. The number of hydrogen-bond acceptors (Lipinski definition) is 2. The first-order chi connectivity index (χ1) is 8.15. The molecule has 1 unspecified atom stereocenters. The molecule has 1 atom stereocenters. The van der Waals surface area contributed by atoms with Gasteiger partial charge in [-0.2, -0.15) is 0 Å². The highest BCUT2D eigenvalue weighted by atomic mass is 19.1. The summed E-state index contributed by atoms with van der Waals surface area (Å²) in [5, 5.41) is 2.73. The molecular weight excluding hydrogens is 219 g/mol. The van der Waals surface area contributed by atoms with Crippen molar-refractivity contribution in [2.45, 2.75) is 19.8 Å². The van der Waals surface area contributed by atoms with E-state index in [1.165, 1.54) is 6.07 Å². The van der Waals surface area contributed by atoms with Gasteiger partial charge in [0, 0.05) is 19.0 Å². The van der Waals surface area contributed by atoms with E-state index < -0.39 is 0 Å². The third-order valence-electron chi connectivity index (χ3n) is 2.70. The highest BCUT2D eigenvalue weighted by molar-refractivity contribution is 5.78. The number of carbonyl (C=O) groups excluding carboxylic acids is 1. The van der Waals surface area contributed by atoms with Crippen molar-refractivity contribution >= 4 is 5.91 Å². The summed E-state index contributed by atoms with van der Waals surface area (Å²) in [4.78, 5) is 11.5. The largest absolute Gasteiger partial charge is 0.355 e. The lowest BCUT2D eigenvalue weighted by Crippen LogP contribution is -2.33. The van der Waals surface area contributed by atoms with Gasteiger partial charge in [-0.25, -0.2) is 4.39 Å². The van der Waals surface area contributed by atoms with Gasteiger partial charge in [0.05, 0.1) is 0 Å². The van der Waals surface area contributed by atoms with Gasteiger partial charge in [-0.3, -0.25) is 4.79 Å².